The van der Waals surface area contributed by atoms with Crippen LogP contribution in [0.5, 0.6) is 0 Å². The van der Waals surface area contributed by atoms with E-state index < -0.39 is 0 Å². The van der Waals surface area contributed by atoms with Gasteiger partial charge in [0.1, 0.15) is 0 Å². The minimum Gasteiger partial charge on any atom is -0.144 e. The Bertz CT molecular complexity index is 2030. The van der Waals surface area contributed by atoms with Crippen LogP contribution in [0, 0.1) is 0 Å². The number of hydrogen-bond donors (Lipinski definition) is 0. The molecule has 6 aromatic carbocycles. The summed E-state index contributed by atoms with van der Waals surface area (Å²) in [4.78, 5) is 0. The van der Waals surface area contributed by atoms with Gasteiger partial charge in [-0.25, -0.2) is 0 Å². The average molecular weight is 493 g/mol. The van der Waals surface area contributed by atoms with Crippen LogP contribution in [-0.4, -0.2) is 0 Å². The summed E-state index contributed by atoms with van der Waals surface area (Å²) in [5, 5.41) is 11.4. The molecular formula is C34H20S2. The summed E-state index contributed by atoms with van der Waals surface area (Å²) in [6.45, 7) is 0. The lowest BCUT2D eigenvalue weighted by molar-refractivity contribution is 1.66. The van der Waals surface area contributed by atoms with Gasteiger partial charge in [-0.05, 0) is 78.8 Å². The van der Waals surface area contributed by atoms with Gasteiger partial charge in [-0.3, -0.25) is 0 Å². The molecule has 0 bridgehead atoms. The van der Waals surface area contributed by atoms with Crippen molar-refractivity contribution in [2.24, 2.45) is 0 Å². The molecule has 0 unspecified atom stereocenters. The zero-order valence-electron chi connectivity index (χ0n) is 19.4. The molecule has 2 aromatic heterocycles. The summed E-state index contributed by atoms with van der Waals surface area (Å²) in [6.07, 6.45) is 0. The van der Waals surface area contributed by atoms with Gasteiger partial charge in [-0.2, -0.15) is 0 Å². The fourth-order valence-electron chi connectivity index (χ4n) is 5.74. The van der Waals surface area contributed by atoms with Crippen LogP contribution in [0.4, 0.5) is 0 Å². The van der Waals surface area contributed by atoms with Crippen LogP contribution in [-0.2, 0) is 0 Å². The Kier molecular flexibility index (Phi) is 4.36. The summed E-state index contributed by atoms with van der Waals surface area (Å²) in [5.74, 6) is 0. The molecule has 0 aliphatic heterocycles. The van der Waals surface area contributed by atoms with E-state index >= 15 is 0 Å². The molecule has 168 valence electrons. The molecule has 0 nitrogen and oxygen atoms in total. The molecule has 8 rings (SSSR count). The normalized spacial score (nSPS) is 11.9. The van der Waals surface area contributed by atoms with Crippen molar-refractivity contribution in [3.05, 3.63) is 121 Å². The molecule has 2 heteroatoms. The van der Waals surface area contributed by atoms with Gasteiger partial charge >= 0.3 is 0 Å². The number of fused-ring (bicyclic) bond motifs is 6. The van der Waals surface area contributed by atoms with Gasteiger partial charge in [-0.1, -0.05) is 91.0 Å². The third kappa shape index (κ3) is 2.92. The topological polar surface area (TPSA) is 0 Å². The monoisotopic (exact) mass is 492 g/mol. The van der Waals surface area contributed by atoms with Crippen molar-refractivity contribution in [1.29, 1.82) is 0 Å². The molecule has 36 heavy (non-hydrogen) atoms. The highest BCUT2D eigenvalue weighted by Gasteiger charge is 2.17. The molecule has 0 aliphatic carbocycles. The van der Waals surface area contributed by atoms with Crippen molar-refractivity contribution in [2.45, 2.75) is 0 Å². The first kappa shape index (κ1) is 20.2. The molecule has 8 aromatic rings. The van der Waals surface area contributed by atoms with Gasteiger partial charge in [0.25, 0.3) is 0 Å². The summed E-state index contributed by atoms with van der Waals surface area (Å²) in [5.41, 5.74) is 5.18. The maximum absolute atomic E-state index is 2.41. The third-order valence-electron chi connectivity index (χ3n) is 7.33. The Balaban J connectivity index is 1.46. The van der Waals surface area contributed by atoms with Gasteiger partial charge in [-0.15, -0.1) is 22.7 Å². The van der Waals surface area contributed by atoms with E-state index in [1.165, 1.54) is 74.1 Å². The Labute approximate surface area is 216 Å². The third-order valence-corrected chi connectivity index (χ3v) is 9.32. The SMILES string of the molecule is c1ccc(-c2c3ccccc3c(-c3ccc4c(c3)sc3cc5ccsc5cc34)c3ccccc23)cc1. The second kappa shape index (κ2) is 7.76. The zero-order chi connectivity index (χ0) is 23.6. The maximum atomic E-state index is 2.41. The first-order valence-corrected chi connectivity index (χ1v) is 13.9. The lowest BCUT2D eigenvalue weighted by atomic mass is 9.86. The molecule has 2 heterocycles. The standard InChI is InChI=1S/C34H20S2/c1-2-8-21(9-3-1)33-25-10-4-6-12-27(25)34(28-13-7-5-11-26(28)33)23-14-15-24-29-20-30-22(16-17-35-30)18-32(29)36-31(24)19-23/h1-20H. The first-order chi connectivity index (χ1) is 17.8. The van der Waals surface area contributed by atoms with Crippen LogP contribution >= 0.6 is 22.7 Å². The number of rotatable bonds is 2. The lowest BCUT2D eigenvalue weighted by Gasteiger charge is -2.17. The van der Waals surface area contributed by atoms with Gasteiger partial charge in [0.05, 0.1) is 0 Å². The van der Waals surface area contributed by atoms with Crippen LogP contribution in [0.25, 0.3) is 74.1 Å². The second-order valence-electron chi connectivity index (χ2n) is 9.33. The van der Waals surface area contributed by atoms with Gasteiger partial charge in [0.2, 0.25) is 0 Å². The molecule has 0 atom stereocenters. The summed E-state index contributed by atoms with van der Waals surface area (Å²) in [6, 6.07) is 42.6. The highest BCUT2D eigenvalue weighted by molar-refractivity contribution is 7.26. The Morgan fingerprint density at radius 3 is 1.69 bits per heavy atom. The molecular weight excluding hydrogens is 473 g/mol. The van der Waals surface area contributed by atoms with Crippen molar-refractivity contribution >= 4 is 74.5 Å². The molecule has 0 saturated heterocycles. The molecule has 0 spiro atoms. The Morgan fingerprint density at radius 1 is 0.389 bits per heavy atom. The van der Waals surface area contributed by atoms with Crippen molar-refractivity contribution in [2.75, 3.05) is 0 Å². The molecule has 0 saturated carbocycles. The van der Waals surface area contributed by atoms with E-state index in [0.29, 0.717) is 0 Å². The average Bonchev–Trinajstić information content (AvgIpc) is 3.53. The summed E-state index contributed by atoms with van der Waals surface area (Å²) in [7, 11) is 0. The molecule has 0 fully saturated rings. The maximum Gasteiger partial charge on any atom is 0.0362 e. The van der Waals surface area contributed by atoms with Crippen LogP contribution in [0.1, 0.15) is 0 Å². The molecule has 0 radical (unpaired) electrons. The molecule has 0 N–H and O–H groups in total. The first-order valence-electron chi connectivity index (χ1n) is 12.2. The van der Waals surface area contributed by atoms with Crippen molar-refractivity contribution in [3.63, 3.8) is 0 Å². The highest BCUT2D eigenvalue weighted by atomic mass is 32.1. The van der Waals surface area contributed by atoms with Crippen LogP contribution in [0.3, 0.4) is 0 Å². The predicted octanol–water partition coefficient (Wildman–Crippen LogP) is 10.9. The summed E-state index contributed by atoms with van der Waals surface area (Å²) >= 11 is 3.73. The number of thiophene rings is 2. The van der Waals surface area contributed by atoms with Crippen LogP contribution in [0.15, 0.2) is 121 Å². The predicted molar refractivity (Wildman–Crippen MR) is 161 cm³/mol. The minimum atomic E-state index is 1.26. The fourth-order valence-corrected chi connectivity index (χ4v) is 7.73. The van der Waals surface area contributed by atoms with E-state index in [1.807, 2.05) is 22.7 Å². The Morgan fingerprint density at radius 2 is 1.00 bits per heavy atom. The smallest absolute Gasteiger partial charge is 0.0362 e. The van der Waals surface area contributed by atoms with Crippen molar-refractivity contribution in [1.82, 2.24) is 0 Å². The van der Waals surface area contributed by atoms with E-state index in [1.54, 1.807) is 0 Å². The Hall–Kier alpha value is -3.98. The van der Waals surface area contributed by atoms with E-state index in [2.05, 4.69) is 121 Å². The van der Waals surface area contributed by atoms with Gasteiger partial charge < -0.3 is 0 Å². The van der Waals surface area contributed by atoms with Crippen molar-refractivity contribution in [3.8, 4) is 22.3 Å². The van der Waals surface area contributed by atoms with Crippen LogP contribution < -0.4 is 0 Å². The number of benzene rings is 6. The largest absolute Gasteiger partial charge is 0.144 e. The van der Waals surface area contributed by atoms with Crippen molar-refractivity contribution < 1.29 is 0 Å². The van der Waals surface area contributed by atoms with Crippen LogP contribution in [0.2, 0.25) is 0 Å². The lowest BCUT2D eigenvalue weighted by Crippen LogP contribution is -1.90. The van der Waals surface area contributed by atoms with E-state index in [4.69, 9.17) is 0 Å². The zero-order valence-corrected chi connectivity index (χ0v) is 21.0. The molecule has 0 amide bonds. The van der Waals surface area contributed by atoms with Gasteiger partial charge in [0, 0.05) is 24.9 Å². The fraction of sp³-hybridized carbons (Fsp3) is 0. The van der Waals surface area contributed by atoms with E-state index in [9.17, 15) is 0 Å². The quantitative estimate of drug-likeness (QED) is 0.211. The number of hydrogen-bond acceptors (Lipinski definition) is 2. The highest BCUT2D eigenvalue weighted by Crippen LogP contribution is 2.45. The second-order valence-corrected chi connectivity index (χ2v) is 11.4. The van der Waals surface area contributed by atoms with Gasteiger partial charge in [0.15, 0.2) is 0 Å². The molecule has 0 aliphatic rings. The van der Waals surface area contributed by atoms with E-state index in [-0.39, 0.29) is 0 Å². The van der Waals surface area contributed by atoms with E-state index in [0.717, 1.165) is 0 Å². The minimum absolute atomic E-state index is 1.26. The summed E-state index contributed by atoms with van der Waals surface area (Å²) < 4.78 is 4.07.